The van der Waals surface area contributed by atoms with Gasteiger partial charge in [0.1, 0.15) is 31.0 Å². The van der Waals surface area contributed by atoms with E-state index in [4.69, 9.17) is 18.9 Å². The highest BCUT2D eigenvalue weighted by molar-refractivity contribution is 5.87. The average Bonchev–Trinajstić information content (AvgIpc) is 3.18. The van der Waals surface area contributed by atoms with Crippen LogP contribution in [0.1, 0.15) is 12.0 Å². The summed E-state index contributed by atoms with van der Waals surface area (Å²) in [6, 6.07) is 9.29. The molecule has 4 rings (SSSR count). The lowest BCUT2D eigenvalue weighted by molar-refractivity contribution is -0.350. The van der Waals surface area contributed by atoms with Crippen molar-refractivity contribution >= 4 is 12.0 Å². The molecular weight excluding hydrogens is 448 g/mol. The summed E-state index contributed by atoms with van der Waals surface area (Å²) in [6.45, 7) is -0.395. The SMILES string of the molecule is O=C(C=Cc1ccccc1)OCC1=CC(O)C2CCOC(OC3OC(CO)C(O)C(O)C3O)C12. The van der Waals surface area contributed by atoms with Crippen LogP contribution < -0.4 is 0 Å². The Labute approximate surface area is 196 Å². The molecule has 1 aromatic carbocycles. The molecule has 0 aromatic heterocycles. The predicted octanol–water partition coefficient (Wildman–Crippen LogP) is -0.661. The van der Waals surface area contributed by atoms with Gasteiger partial charge in [-0.2, -0.15) is 0 Å². The molecule has 2 heterocycles. The minimum absolute atomic E-state index is 0.0892. The van der Waals surface area contributed by atoms with Crippen molar-refractivity contribution in [3.63, 3.8) is 0 Å². The molecule has 10 nitrogen and oxygen atoms in total. The Balaban J connectivity index is 1.40. The van der Waals surface area contributed by atoms with Crippen molar-refractivity contribution in [1.82, 2.24) is 0 Å². The fourth-order valence-corrected chi connectivity index (χ4v) is 4.60. The van der Waals surface area contributed by atoms with Crippen LogP contribution in [0.25, 0.3) is 6.08 Å². The second-order valence-electron chi connectivity index (χ2n) is 8.63. The molecule has 9 unspecified atom stereocenters. The number of hydrogen-bond acceptors (Lipinski definition) is 10. The summed E-state index contributed by atoms with van der Waals surface area (Å²) in [7, 11) is 0. The Hall–Kier alpha value is -2.15. The fraction of sp³-hybridized carbons (Fsp3) is 0.542. The number of hydrogen-bond donors (Lipinski definition) is 5. The van der Waals surface area contributed by atoms with Gasteiger partial charge >= 0.3 is 5.97 Å². The summed E-state index contributed by atoms with van der Waals surface area (Å²) in [5, 5.41) is 50.2. The van der Waals surface area contributed by atoms with E-state index in [1.54, 1.807) is 12.2 Å². The summed E-state index contributed by atoms with van der Waals surface area (Å²) in [5.41, 5.74) is 1.46. The molecule has 1 aliphatic carbocycles. The van der Waals surface area contributed by atoms with Crippen molar-refractivity contribution in [1.29, 1.82) is 0 Å². The number of aliphatic hydroxyl groups is 5. The molecule has 3 aliphatic rings. The number of benzene rings is 1. The maximum absolute atomic E-state index is 12.2. The lowest BCUT2D eigenvalue weighted by atomic mass is 9.85. The minimum atomic E-state index is -1.59. The van der Waals surface area contributed by atoms with Gasteiger partial charge in [0.25, 0.3) is 0 Å². The predicted molar refractivity (Wildman–Crippen MR) is 117 cm³/mol. The van der Waals surface area contributed by atoms with Crippen molar-refractivity contribution in [2.45, 2.75) is 49.5 Å². The molecule has 2 fully saturated rings. The molecule has 1 aromatic rings. The number of esters is 1. The molecule has 5 N–H and O–H groups in total. The van der Waals surface area contributed by atoms with E-state index in [-0.39, 0.29) is 19.1 Å². The van der Waals surface area contributed by atoms with E-state index in [1.165, 1.54) is 6.08 Å². The third-order valence-electron chi connectivity index (χ3n) is 6.45. The topological polar surface area (TPSA) is 155 Å². The van der Waals surface area contributed by atoms with Crippen molar-refractivity contribution in [2.24, 2.45) is 11.8 Å². The first-order valence-corrected chi connectivity index (χ1v) is 11.2. The van der Waals surface area contributed by atoms with Crippen LogP contribution >= 0.6 is 0 Å². The van der Waals surface area contributed by atoms with Crippen molar-refractivity contribution in [3.8, 4) is 0 Å². The van der Waals surface area contributed by atoms with Crippen molar-refractivity contribution in [2.75, 3.05) is 19.8 Å². The van der Waals surface area contributed by atoms with Gasteiger partial charge in [0.15, 0.2) is 12.6 Å². The molecule has 9 atom stereocenters. The number of fused-ring (bicyclic) bond motifs is 1. The van der Waals surface area contributed by atoms with Gasteiger partial charge in [0, 0.05) is 17.9 Å². The molecule has 0 bridgehead atoms. The Bertz CT molecular complexity index is 885. The molecule has 34 heavy (non-hydrogen) atoms. The number of carbonyl (C=O) groups excluding carboxylic acids is 1. The van der Waals surface area contributed by atoms with Crippen LogP contribution in [0.2, 0.25) is 0 Å². The average molecular weight is 478 g/mol. The highest BCUT2D eigenvalue weighted by Crippen LogP contribution is 2.42. The van der Waals surface area contributed by atoms with E-state index in [2.05, 4.69) is 0 Å². The summed E-state index contributed by atoms with van der Waals surface area (Å²) in [6.07, 6.45) is -3.82. The van der Waals surface area contributed by atoms with E-state index >= 15 is 0 Å². The zero-order valence-electron chi connectivity index (χ0n) is 18.4. The van der Waals surface area contributed by atoms with Crippen LogP contribution in [-0.4, -0.2) is 94.4 Å². The van der Waals surface area contributed by atoms with Gasteiger partial charge in [0.05, 0.1) is 19.3 Å². The van der Waals surface area contributed by atoms with E-state index in [0.29, 0.717) is 12.0 Å². The minimum Gasteiger partial charge on any atom is -0.458 e. The number of rotatable bonds is 7. The quantitative estimate of drug-likeness (QED) is 0.194. The van der Waals surface area contributed by atoms with Gasteiger partial charge in [-0.05, 0) is 23.6 Å². The van der Waals surface area contributed by atoms with Crippen LogP contribution in [0.4, 0.5) is 0 Å². The molecular formula is C24H30O10. The highest BCUT2D eigenvalue weighted by atomic mass is 16.8. The van der Waals surface area contributed by atoms with Crippen LogP contribution in [0.3, 0.4) is 0 Å². The molecule has 2 aliphatic heterocycles. The third-order valence-corrected chi connectivity index (χ3v) is 6.45. The van der Waals surface area contributed by atoms with E-state index < -0.39 is 61.6 Å². The van der Waals surface area contributed by atoms with Crippen LogP contribution in [0.5, 0.6) is 0 Å². The Morgan fingerprint density at radius 2 is 1.82 bits per heavy atom. The van der Waals surface area contributed by atoms with Gasteiger partial charge in [-0.1, -0.05) is 36.4 Å². The second kappa shape index (κ2) is 11.1. The van der Waals surface area contributed by atoms with Crippen LogP contribution in [0, 0.1) is 11.8 Å². The fourth-order valence-electron chi connectivity index (χ4n) is 4.60. The van der Waals surface area contributed by atoms with E-state index in [0.717, 1.165) is 5.56 Å². The lowest BCUT2D eigenvalue weighted by Gasteiger charge is -2.43. The van der Waals surface area contributed by atoms with Gasteiger partial charge in [0.2, 0.25) is 0 Å². The van der Waals surface area contributed by atoms with Crippen LogP contribution in [-0.2, 0) is 23.7 Å². The van der Waals surface area contributed by atoms with Gasteiger partial charge in [-0.15, -0.1) is 0 Å². The van der Waals surface area contributed by atoms with E-state index in [9.17, 15) is 30.3 Å². The molecule has 0 spiro atoms. The largest absolute Gasteiger partial charge is 0.458 e. The highest BCUT2D eigenvalue weighted by Gasteiger charge is 2.49. The van der Waals surface area contributed by atoms with Crippen LogP contribution in [0.15, 0.2) is 48.1 Å². The lowest BCUT2D eigenvalue weighted by Crippen LogP contribution is -2.60. The zero-order valence-corrected chi connectivity index (χ0v) is 18.4. The summed E-state index contributed by atoms with van der Waals surface area (Å²) in [5.74, 6) is -1.29. The molecule has 0 amide bonds. The molecule has 0 radical (unpaired) electrons. The maximum atomic E-state index is 12.2. The number of aliphatic hydroxyl groups excluding tert-OH is 5. The molecule has 2 saturated heterocycles. The van der Waals surface area contributed by atoms with Gasteiger partial charge < -0.3 is 44.5 Å². The summed E-state index contributed by atoms with van der Waals surface area (Å²) < 4.78 is 22.3. The van der Waals surface area contributed by atoms with E-state index in [1.807, 2.05) is 30.3 Å². The zero-order chi connectivity index (χ0) is 24.2. The normalized spacial score (nSPS) is 37.9. The second-order valence-corrected chi connectivity index (χ2v) is 8.63. The Morgan fingerprint density at radius 3 is 2.56 bits per heavy atom. The summed E-state index contributed by atoms with van der Waals surface area (Å²) in [4.78, 5) is 12.2. The van der Waals surface area contributed by atoms with Gasteiger partial charge in [-0.25, -0.2) is 4.79 Å². The first-order valence-electron chi connectivity index (χ1n) is 11.2. The van der Waals surface area contributed by atoms with Crippen molar-refractivity contribution in [3.05, 3.63) is 53.6 Å². The monoisotopic (exact) mass is 478 g/mol. The summed E-state index contributed by atoms with van der Waals surface area (Å²) >= 11 is 0. The Morgan fingerprint density at radius 1 is 1.06 bits per heavy atom. The smallest absolute Gasteiger partial charge is 0.331 e. The standard InChI is InChI=1S/C24H30O10/c25-11-17-20(28)21(29)22(30)24(33-17)34-23-19-14(10-16(26)15(19)8-9-31-23)12-32-18(27)7-6-13-4-2-1-3-5-13/h1-7,10,15-17,19-26,28-30H,8-9,11-12H2. The first-order chi connectivity index (χ1) is 16.4. The molecule has 0 saturated carbocycles. The molecule has 186 valence electrons. The third kappa shape index (κ3) is 5.40. The maximum Gasteiger partial charge on any atom is 0.331 e. The number of ether oxygens (including phenoxy) is 4. The van der Waals surface area contributed by atoms with Gasteiger partial charge in [-0.3, -0.25) is 0 Å². The molecule has 10 heteroatoms. The first kappa shape index (κ1) is 25.0. The Kier molecular flexibility index (Phi) is 8.12. The van der Waals surface area contributed by atoms with Crippen molar-refractivity contribution < 1.29 is 49.3 Å². The number of carbonyl (C=O) groups is 1.